The Morgan fingerprint density at radius 2 is 2.38 bits per heavy atom. The number of hydrogen-bond acceptors (Lipinski definition) is 2. The van der Waals surface area contributed by atoms with Gasteiger partial charge in [0.25, 0.3) is 0 Å². The molecule has 1 amide bonds. The van der Waals surface area contributed by atoms with Gasteiger partial charge in [-0.05, 0) is 25.0 Å². The first-order valence-corrected chi connectivity index (χ1v) is 6.81. The summed E-state index contributed by atoms with van der Waals surface area (Å²) in [5, 5.41) is 0.857. The van der Waals surface area contributed by atoms with E-state index in [4.69, 9.17) is 4.42 Å². The van der Waals surface area contributed by atoms with E-state index in [1.54, 1.807) is 6.26 Å². The summed E-state index contributed by atoms with van der Waals surface area (Å²) in [5.74, 6) is 1.14. The second-order valence-electron chi connectivity index (χ2n) is 4.09. The zero-order chi connectivity index (χ0) is 11.4. The van der Waals surface area contributed by atoms with Crippen LogP contribution in [0.4, 0.5) is 0 Å². The van der Waals surface area contributed by atoms with E-state index in [0.717, 1.165) is 17.6 Å². The molecule has 1 fully saturated rings. The van der Waals surface area contributed by atoms with Crippen LogP contribution < -0.4 is 0 Å². The number of carbonyl (C=O) groups excluding carboxylic acids is 1. The predicted octanol–water partition coefficient (Wildman–Crippen LogP) is 2.60. The molecule has 1 aromatic heterocycles. The Bertz CT molecular complexity index is 333. The summed E-state index contributed by atoms with van der Waals surface area (Å²) in [6.45, 7) is 0.821. The molecule has 1 saturated carbocycles. The van der Waals surface area contributed by atoms with Crippen molar-refractivity contribution in [3.63, 3.8) is 0 Å². The largest absolute Gasteiger partial charge is 0.469 e. The average Bonchev–Trinajstić information content (AvgIpc) is 2.99. The first-order valence-electron chi connectivity index (χ1n) is 5.69. The normalized spacial score (nSPS) is 15.1. The van der Waals surface area contributed by atoms with Crippen molar-refractivity contribution in [2.24, 2.45) is 0 Å². The maximum Gasteiger partial charge on any atom is 0.223 e. The van der Waals surface area contributed by atoms with Crippen molar-refractivity contribution in [2.75, 3.05) is 11.9 Å². The van der Waals surface area contributed by atoms with Crippen LogP contribution in [0.3, 0.4) is 0 Å². The smallest absolute Gasteiger partial charge is 0.223 e. The molecule has 0 radical (unpaired) electrons. The van der Waals surface area contributed by atoms with Gasteiger partial charge in [0.2, 0.25) is 5.91 Å². The number of carbonyl (C=O) groups is 1. The van der Waals surface area contributed by atoms with Gasteiger partial charge in [-0.2, -0.15) is 0 Å². The molecule has 0 aliphatic heterocycles. The number of amides is 1. The van der Waals surface area contributed by atoms with E-state index in [9.17, 15) is 4.79 Å². The fourth-order valence-electron chi connectivity index (χ4n) is 1.82. The van der Waals surface area contributed by atoms with Crippen molar-refractivity contribution in [2.45, 2.75) is 31.7 Å². The average molecular weight is 286 g/mol. The number of aryl methyl sites for hydroxylation is 1. The second kappa shape index (κ2) is 5.53. The molecule has 2 rings (SSSR count). The number of rotatable bonds is 6. The number of furan rings is 1. The minimum Gasteiger partial charge on any atom is -0.469 e. The Morgan fingerprint density at radius 3 is 2.94 bits per heavy atom. The van der Waals surface area contributed by atoms with Crippen LogP contribution in [-0.2, 0) is 11.2 Å². The number of alkyl halides is 1. The first-order chi connectivity index (χ1) is 7.81. The zero-order valence-electron chi connectivity index (χ0n) is 9.19. The Hall–Kier alpha value is -0.770. The fraction of sp³-hybridized carbons (Fsp3) is 0.583. The molecule has 88 valence electrons. The Morgan fingerprint density at radius 1 is 1.56 bits per heavy atom. The van der Waals surface area contributed by atoms with Gasteiger partial charge in [0.1, 0.15) is 5.76 Å². The van der Waals surface area contributed by atoms with Gasteiger partial charge in [-0.1, -0.05) is 15.9 Å². The van der Waals surface area contributed by atoms with E-state index in [1.807, 2.05) is 17.0 Å². The van der Waals surface area contributed by atoms with Crippen LogP contribution in [0.15, 0.2) is 22.8 Å². The minimum atomic E-state index is 0.248. The summed E-state index contributed by atoms with van der Waals surface area (Å²) in [6.07, 6.45) is 5.24. The summed E-state index contributed by atoms with van der Waals surface area (Å²) in [6, 6.07) is 4.28. The summed E-state index contributed by atoms with van der Waals surface area (Å²) < 4.78 is 5.22. The standard InChI is InChI=1S/C12H16BrNO2/c13-7-8-14(10-3-4-10)12(15)6-5-11-2-1-9-16-11/h1-2,9-10H,3-8H2. The van der Waals surface area contributed by atoms with Gasteiger partial charge < -0.3 is 9.32 Å². The molecule has 3 nitrogen and oxygen atoms in total. The van der Waals surface area contributed by atoms with Crippen molar-refractivity contribution in [1.29, 1.82) is 0 Å². The van der Waals surface area contributed by atoms with Gasteiger partial charge in [-0.15, -0.1) is 0 Å². The lowest BCUT2D eigenvalue weighted by molar-refractivity contribution is -0.131. The highest BCUT2D eigenvalue weighted by Gasteiger charge is 2.31. The third kappa shape index (κ3) is 3.11. The van der Waals surface area contributed by atoms with Crippen molar-refractivity contribution in [1.82, 2.24) is 4.90 Å². The van der Waals surface area contributed by atoms with E-state index in [2.05, 4.69) is 15.9 Å². The van der Waals surface area contributed by atoms with Gasteiger partial charge in [0.15, 0.2) is 0 Å². The summed E-state index contributed by atoms with van der Waals surface area (Å²) in [7, 11) is 0. The number of nitrogens with zero attached hydrogens (tertiary/aromatic N) is 1. The maximum atomic E-state index is 12.0. The highest BCUT2D eigenvalue weighted by Crippen LogP contribution is 2.27. The summed E-state index contributed by atoms with van der Waals surface area (Å²) in [5.41, 5.74) is 0. The topological polar surface area (TPSA) is 33.5 Å². The lowest BCUT2D eigenvalue weighted by atomic mass is 10.2. The van der Waals surface area contributed by atoms with Crippen molar-refractivity contribution >= 4 is 21.8 Å². The third-order valence-corrected chi connectivity index (χ3v) is 3.15. The molecular formula is C12H16BrNO2. The molecule has 1 aliphatic carbocycles. The van der Waals surface area contributed by atoms with Crippen LogP contribution >= 0.6 is 15.9 Å². The molecule has 0 spiro atoms. The minimum absolute atomic E-state index is 0.248. The molecule has 4 heteroatoms. The predicted molar refractivity (Wildman–Crippen MR) is 65.6 cm³/mol. The quantitative estimate of drug-likeness (QED) is 0.753. The molecule has 16 heavy (non-hydrogen) atoms. The van der Waals surface area contributed by atoms with E-state index < -0.39 is 0 Å². The molecular weight excluding hydrogens is 270 g/mol. The van der Waals surface area contributed by atoms with Gasteiger partial charge in [0.05, 0.1) is 6.26 Å². The Labute approximate surface area is 104 Å². The second-order valence-corrected chi connectivity index (χ2v) is 4.88. The SMILES string of the molecule is O=C(CCc1ccco1)N(CCBr)C1CC1. The molecule has 0 atom stereocenters. The molecule has 1 heterocycles. The maximum absolute atomic E-state index is 12.0. The van der Waals surface area contributed by atoms with Crippen LogP contribution in [0.1, 0.15) is 25.0 Å². The van der Waals surface area contributed by atoms with E-state index in [1.165, 1.54) is 12.8 Å². The third-order valence-electron chi connectivity index (χ3n) is 2.80. The van der Waals surface area contributed by atoms with E-state index >= 15 is 0 Å². The van der Waals surface area contributed by atoms with Crippen LogP contribution in [-0.4, -0.2) is 28.7 Å². The van der Waals surface area contributed by atoms with Crippen LogP contribution in [0, 0.1) is 0 Å². The first kappa shape index (κ1) is 11.7. The highest BCUT2D eigenvalue weighted by molar-refractivity contribution is 9.09. The lowest BCUT2D eigenvalue weighted by Gasteiger charge is -2.21. The molecule has 0 saturated heterocycles. The van der Waals surface area contributed by atoms with Gasteiger partial charge in [-0.3, -0.25) is 4.79 Å². The van der Waals surface area contributed by atoms with Crippen molar-refractivity contribution < 1.29 is 9.21 Å². The number of hydrogen-bond donors (Lipinski definition) is 0. The van der Waals surface area contributed by atoms with E-state index in [0.29, 0.717) is 18.9 Å². The monoisotopic (exact) mass is 285 g/mol. The molecule has 0 N–H and O–H groups in total. The van der Waals surface area contributed by atoms with Gasteiger partial charge >= 0.3 is 0 Å². The van der Waals surface area contributed by atoms with Crippen molar-refractivity contribution in [3.05, 3.63) is 24.2 Å². The number of halogens is 1. The summed E-state index contributed by atoms with van der Waals surface area (Å²) in [4.78, 5) is 14.0. The van der Waals surface area contributed by atoms with E-state index in [-0.39, 0.29) is 5.91 Å². The van der Waals surface area contributed by atoms with Gasteiger partial charge in [-0.25, -0.2) is 0 Å². The Kier molecular flexibility index (Phi) is 4.04. The molecule has 0 bridgehead atoms. The molecule has 0 aromatic carbocycles. The summed E-state index contributed by atoms with van der Waals surface area (Å²) >= 11 is 3.39. The molecule has 1 aliphatic rings. The van der Waals surface area contributed by atoms with Crippen LogP contribution in [0.25, 0.3) is 0 Å². The molecule has 0 unspecified atom stereocenters. The van der Waals surface area contributed by atoms with Crippen LogP contribution in [0.5, 0.6) is 0 Å². The molecule has 1 aromatic rings. The van der Waals surface area contributed by atoms with Gasteiger partial charge in [0, 0.05) is 30.8 Å². The zero-order valence-corrected chi connectivity index (χ0v) is 10.8. The lowest BCUT2D eigenvalue weighted by Crippen LogP contribution is -2.34. The van der Waals surface area contributed by atoms with Crippen LogP contribution in [0.2, 0.25) is 0 Å². The highest BCUT2D eigenvalue weighted by atomic mass is 79.9. The fourth-order valence-corrected chi connectivity index (χ4v) is 2.20. The van der Waals surface area contributed by atoms with Crippen molar-refractivity contribution in [3.8, 4) is 0 Å². The Balaban J connectivity index is 1.81.